The van der Waals surface area contributed by atoms with Crippen molar-refractivity contribution in [3.05, 3.63) is 105 Å². The van der Waals surface area contributed by atoms with Crippen LogP contribution in [0.5, 0.6) is 0 Å². The summed E-state index contributed by atoms with van der Waals surface area (Å²) in [5.74, 6) is -0.251. The minimum Gasteiger partial charge on any atom is -0.383 e. The average Bonchev–Trinajstić information content (AvgIpc) is 3.65. The molecule has 1 N–H and O–H groups in total. The lowest BCUT2D eigenvalue weighted by Crippen LogP contribution is -2.54. The lowest BCUT2D eigenvalue weighted by molar-refractivity contribution is -0.143. The molecule has 3 aromatic rings. The fourth-order valence-electron chi connectivity index (χ4n) is 7.34. The van der Waals surface area contributed by atoms with Crippen LogP contribution < -0.4 is 0 Å². The second kappa shape index (κ2) is 13.7. The number of hydrogen-bond acceptors (Lipinski definition) is 5. The largest absolute Gasteiger partial charge is 0.383 e. The Bertz CT molecular complexity index is 1600. The fraction of sp³-hybridized carbons (Fsp3) is 0.417. The number of nitrogens with zero attached hydrogens (tertiary/aromatic N) is 4. The Hall–Kier alpha value is -3.43. The van der Waals surface area contributed by atoms with E-state index < -0.39 is 6.10 Å². The molecule has 0 spiro atoms. The molecule has 10 heteroatoms. The number of fused-ring (bicyclic) bond motifs is 2. The van der Waals surface area contributed by atoms with E-state index >= 15 is 0 Å². The van der Waals surface area contributed by atoms with Gasteiger partial charge in [-0.2, -0.15) is 0 Å². The molecule has 8 nitrogen and oxygen atoms in total. The summed E-state index contributed by atoms with van der Waals surface area (Å²) in [4.78, 5) is 48.3. The highest BCUT2D eigenvalue weighted by Crippen LogP contribution is 2.34. The Balaban J connectivity index is 1.09. The molecule has 0 saturated carbocycles. The van der Waals surface area contributed by atoms with Gasteiger partial charge in [0.1, 0.15) is 6.10 Å². The summed E-state index contributed by atoms with van der Waals surface area (Å²) in [6.45, 7) is 7.01. The van der Waals surface area contributed by atoms with E-state index in [1.165, 1.54) is 0 Å². The van der Waals surface area contributed by atoms with Gasteiger partial charge in [0.05, 0.1) is 16.1 Å². The smallest absolute Gasteiger partial charge is 0.254 e. The number of amides is 3. The maximum absolute atomic E-state index is 13.8. The molecule has 0 aliphatic carbocycles. The van der Waals surface area contributed by atoms with Crippen molar-refractivity contribution in [1.82, 2.24) is 19.6 Å². The first kappa shape index (κ1) is 32.5. The summed E-state index contributed by atoms with van der Waals surface area (Å²) < 4.78 is 0. The monoisotopic (exact) mass is 662 g/mol. The molecule has 6 rings (SSSR count). The van der Waals surface area contributed by atoms with Gasteiger partial charge in [0.2, 0.25) is 5.91 Å². The minimum absolute atomic E-state index is 0.0172. The van der Waals surface area contributed by atoms with Gasteiger partial charge in [0.25, 0.3) is 11.8 Å². The minimum atomic E-state index is -1.06. The van der Waals surface area contributed by atoms with Gasteiger partial charge in [-0.05, 0) is 55.7 Å². The molecule has 0 aromatic heterocycles. The fourth-order valence-corrected chi connectivity index (χ4v) is 7.65. The first-order valence-corrected chi connectivity index (χ1v) is 16.7. The van der Waals surface area contributed by atoms with Crippen LogP contribution in [0, 0.1) is 13.8 Å². The van der Waals surface area contributed by atoms with Crippen LogP contribution in [0.2, 0.25) is 10.0 Å². The Kier molecular flexibility index (Phi) is 9.71. The molecule has 3 aromatic carbocycles. The molecule has 3 fully saturated rings. The van der Waals surface area contributed by atoms with E-state index in [1.54, 1.807) is 12.1 Å². The standard InChI is InChI=1S/C36H40Cl2N4O4/c1-23-14-24(2)16-27(15-23)35(45)40-12-13-41(32(22-40)26-8-9-30(37)31(38)18-26)34(44)10-11-39-20-29-19-28(39)21-42(29)36(46)33(43)17-25-6-4-3-5-7-25/h3-9,14-16,18,28-29,32-33,43H,10-13,17,19-22H2,1-2H3/t28-,29+,32-,33?/m0/s1. The molecule has 3 aliphatic rings. The van der Waals surface area contributed by atoms with Crippen molar-refractivity contribution in [2.75, 3.05) is 39.3 Å². The zero-order chi connectivity index (χ0) is 32.5. The summed E-state index contributed by atoms with van der Waals surface area (Å²) in [7, 11) is 0. The van der Waals surface area contributed by atoms with Crippen molar-refractivity contribution < 1.29 is 19.5 Å². The second-order valence-corrected chi connectivity index (χ2v) is 13.7. The first-order valence-electron chi connectivity index (χ1n) is 16.0. The summed E-state index contributed by atoms with van der Waals surface area (Å²) in [6, 6.07) is 20.7. The van der Waals surface area contributed by atoms with E-state index in [9.17, 15) is 19.5 Å². The number of aliphatic hydroxyl groups is 1. The number of aliphatic hydroxyl groups excluding tert-OH is 1. The SMILES string of the molecule is Cc1cc(C)cc(C(=O)N2CCN(C(=O)CCN3C[C@H]4C[C@H]3CN4C(=O)C(O)Cc3ccccc3)[C@H](c3ccc(Cl)c(Cl)c3)C2)c1. The maximum Gasteiger partial charge on any atom is 0.254 e. The van der Waals surface area contributed by atoms with Crippen molar-refractivity contribution in [2.24, 2.45) is 0 Å². The number of likely N-dealkylation sites (tertiary alicyclic amines) is 2. The van der Waals surface area contributed by atoms with Gasteiger partial charge in [-0.15, -0.1) is 0 Å². The molecule has 46 heavy (non-hydrogen) atoms. The van der Waals surface area contributed by atoms with Gasteiger partial charge in [-0.1, -0.05) is 76.8 Å². The Morgan fingerprint density at radius 3 is 2.26 bits per heavy atom. The van der Waals surface area contributed by atoms with Crippen molar-refractivity contribution in [3.8, 4) is 0 Å². The summed E-state index contributed by atoms with van der Waals surface area (Å²) in [5.41, 5.74) is 4.48. The van der Waals surface area contributed by atoms with Crippen molar-refractivity contribution in [2.45, 2.75) is 57.3 Å². The Labute approximate surface area is 280 Å². The van der Waals surface area contributed by atoms with Gasteiger partial charge in [-0.3, -0.25) is 19.3 Å². The second-order valence-electron chi connectivity index (χ2n) is 12.9. The molecule has 3 amide bonds. The highest BCUT2D eigenvalue weighted by atomic mass is 35.5. The molecule has 1 unspecified atom stereocenters. The summed E-state index contributed by atoms with van der Waals surface area (Å²) in [5, 5.41) is 11.5. The first-order chi connectivity index (χ1) is 22.1. The van der Waals surface area contributed by atoms with E-state index in [1.807, 2.05) is 83.1 Å². The third-order valence-electron chi connectivity index (χ3n) is 9.59. The van der Waals surface area contributed by atoms with Crippen molar-refractivity contribution >= 4 is 40.9 Å². The lowest BCUT2D eigenvalue weighted by Gasteiger charge is -2.42. The van der Waals surface area contributed by atoms with Gasteiger partial charge < -0.3 is 19.8 Å². The van der Waals surface area contributed by atoms with E-state index in [4.69, 9.17) is 23.2 Å². The highest BCUT2D eigenvalue weighted by Gasteiger charge is 2.46. The van der Waals surface area contributed by atoms with E-state index in [2.05, 4.69) is 4.90 Å². The predicted molar refractivity (Wildman–Crippen MR) is 179 cm³/mol. The number of aryl methyl sites for hydroxylation is 2. The van der Waals surface area contributed by atoms with Crippen LogP contribution in [0.4, 0.5) is 0 Å². The van der Waals surface area contributed by atoms with Crippen LogP contribution in [-0.4, -0.2) is 99.9 Å². The quantitative estimate of drug-likeness (QED) is 0.371. The number of carbonyl (C=O) groups is 3. The van der Waals surface area contributed by atoms with Crippen molar-refractivity contribution in [3.63, 3.8) is 0 Å². The number of halogens is 2. The zero-order valence-corrected chi connectivity index (χ0v) is 27.8. The molecule has 3 saturated heterocycles. The van der Waals surface area contributed by atoms with Crippen LogP contribution in [-0.2, 0) is 16.0 Å². The van der Waals surface area contributed by atoms with Crippen LogP contribution in [0.15, 0.2) is 66.7 Å². The number of piperazine rings is 2. The molecule has 3 aliphatic heterocycles. The van der Waals surface area contributed by atoms with Crippen LogP contribution in [0.3, 0.4) is 0 Å². The van der Waals surface area contributed by atoms with Crippen LogP contribution in [0.1, 0.15) is 51.5 Å². The summed E-state index contributed by atoms with van der Waals surface area (Å²) in [6.07, 6.45) is 0.422. The van der Waals surface area contributed by atoms with E-state index in [-0.39, 0.29) is 35.8 Å². The number of carbonyl (C=O) groups excluding carboxylic acids is 3. The molecule has 4 atom stereocenters. The number of hydrogen-bond donors (Lipinski definition) is 1. The average molecular weight is 664 g/mol. The predicted octanol–water partition coefficient (Wildman–Crippen LogP) is 4.91. The Morgan fingerprint density at radius 2 is 1.59 bits per heavy atom. The molecular weight excluding hydrogens is 623 g/mol. The molecule has 242 valence electrons. The molecule has 3 heterocycles. The number of benzene rings is 3. The Morgan fingerprint density at radius 1 is 0.848 bits per heavy atom. The molecule has 0 radical (unpaired) electrons. The highest BCUT2D eigenvalue weighted by molar-refractivity contribution is 6.42. The van der Waals surface area contributed by atoms with Crippen LogP contribution in [0.25, 0.3) is 0 Å². The zero-order valence-electron chi connectivity index (χ0n) is 26.2. The normalized spacial score (nSPS) is 21.9. The lowest BCUT2D eigenvalue weighted by atomic mass is 10.00. The molecule has 2 bridgehead atoms. The summed E-state index contributed by atoms with van der Waals surface area (Å²) >= 11 is 12.6. The van der Waals surface area contributed by atoms with E-state index in [0.717, 1.165) is 28.7 Å². The number of rotatable bonds is 8. The third kappa shape index (κ3) is 6.95. The third-order valence-corrected chi connectivity index (χ3v) is 10.3. The van der Waals surface area contributed by atoms with E-state index in [0.29, 0.717) is 67.7 Å². The van der Waals surface area contributed by atoms with Crippen LogP contribution >= 0.6 is 23.2 Å². The van der Waals surface area contributed by atoms with Crippen molar-refractivity contribution in [1.29, 1.82) is 0 Å². The van der Waals surface area contributed by atoms with Gasteiger partial charge in [0.15, 0.2) is 0 Å². The maximum atomic E-state index is 13.8. The van der Waals surface area contributed by atoms with Gasteiger partial charge >= 0.3 is 0 Å². The van der Waals surface area contributed by atoms with Gasteiger partial charge in [0, 0.05) is 69.8 Å². The topological polar surface area (TPSA) is 84.4 Å². The van der Waals surface area contributed by atoms with Gasteiger partial charge in [-0.25, -0.2) is 0 Å². The molecular formula is C36H40Cl2N4O4.